The molecule has 0 bridgehead atoms. The van der Waals surface area contributed by atoms with E-state index >= 15 is 0 Å². The Labute approximate surface area is 181 Å². The topological polar surface area (TPSA) is 127 Å². The lowest BCUT2D eigenvalue weighted by atomic mass is 10.1. The highest BCUT2D eigenvalue weighted by Gasteiger charge is 2.43. The largest absolute Gasteiger partial charge is 0.394 e. The standard InChI is InChI=1S/C21H20ClN3O6/c22-14-3-1-12(2-4-14)13-5-7-23-15(9-13)10-25-17(27)6-8-24(21(25)30)20-19(29)18(28)16(11-26)31-20/h1-9,16,18-20,26,28-29H,10-11H2/t16-,18?,19?,20-/m1/s1. The van der Waals surface area contributed by atoms with E-state index < -0.39 is 42.4 Å². The summed E-state index contributed by atoms with van der Waals surface area (Å²) >= 11 is 5.93. The summed E-state index contributed by atoms with van der Waals surface area (Å²) in [4.78, 5) is 29.6. The molecule has 1 saturated heterocycles. The Balaban J connectivity index is 1.66. The second kappa shape index (κ2) is 8.74. The number of ether oxygens (including phenoxy) is 1. The molecule has 4 rings (SSSR count). The van der Waals surface area contributed by atoms with E-state index in [1.54, 1.807) is 30.5 Å². The van der Waals surface area contributed by atoms with Gasteiger partial charge in [-0.3, -0.25) is 18.9 Å². The predicted octanol–water partition coefficient (Wildman–Crippen LogP) is 0.385. The van der Waals surface area contributed by atoms with Gasteiger partial charge in [0.05, 0.1) is 18.8 Å². The van der Waals surface area contributed by atoms with Crippen molar-refractivity contribution >= 4 is 11.6 Å². The fraction of sp³-hybridized carbons (Fsp3) is 0.286. The highest BCUT2D eigenvalue weighted by molar-refractivity contribution is 6.30. The first-order valence-electron chi connectivity index (χ1n) is 9.54. The van der Waals surface area contributed by atoms with Crippen LogP contribution in [0.1, 0.15) is 11.9 Å². The molecule has 162 valence electrons. The van der Waals surface area contributed by atoms with Crippen LogP contribution in [0.3, 0.4) is 0 Å². The van der Waals surface area contributed by atoms with E-state index in [-0.39, 0.29) is 6.54 Å². The van der Waals surface area contributed by atoms with Gasteiger partial charge in [-0.05, 0) is 35.4 Å². The zero-order valence-electron chi connectivity index (χ0n) is 16.2. The van der Waals surface area contributed by atoms with Crippen LogP contribution in [0.15, 0.2) is 64.4 Å². The van der Waals surface area contributed by atoms with Crippen LogP contribution in [0, 0.1) is 0 Å². The smallest absolute Gasteiger partial charge is 0.333 e. The van der Waals surface area contributed by atoms with E-state index in [2.05, 4.69) is 4.98 Å². The van der Waals surface area contributed by atoms with E-state index in [4.69, 9.17) is 16.3 Å². The van der Waals surface area contributed by atoms with Gasteiger partial charge in [0.25, 0.3) is 5.56 Å². The van der Waals surface area contributed by atoms with Gasteiger partial charge in [0, 0.05) is 23.5 Å². The number of hydrogen-bond donors (Lipinski definition) is 3. The summed E-state index contributed by atoms with van der Waals surface area (Å²) in [6.45, 7) is -0.626. The van der Waals surface area contributed by atoms with Crippen molar-refractivity contribution < 1.29 is 20.1 Å². The minimum atomic E-state index is -1.44. The molecule has 31 heavy (non-hydrogen) atoms. The highest BCUT2D eigenvalue weighted by Crippen LogP contribution is 2.28. The van der Waals surface area contributed by atoms with Crippen molar-refractivity contribution in [3.8, 4) is 11.1 Å². The highest BCUT2D eigenvalue weighted by atomic mass is 35.5. The maximum Gasteiger partial charge on any atom is 0.333 e. The van der Waals surface area contributed by atoms with Crippen LogP contribution in [0.5, 0.6) is 0 Å². The molecule has 0 aliphatic carbocycles. The Bertz CT molecular complexity index is 1190. The average Bonchev–Trinajstić information content (AvgIpc) is 3.06. The number of halogens is 1. The molecule has 2 aromatic heterocycles. The van der Waals surface area contributed by atoms with Crippen LogP contribution in [0.25, 0.3) is 11.1 Å². The fourth-order valence-corrected chi connectivity index (χ4v) is 3.66. The molecule has 1 fully saturated rings. The zero-order valence-corrected chi connectivity index (χ0v) is 17.0. The first kappa shape index (κ1) is 21.4. The number of aromatic nitrogens is 3. The summed E-state index contributed by atoms with van der Waals surface area (Å²) in [5.41, 5.74) is 0.935. The molecule has 0 saturated carbocycles. The summed E-state index contributed by atoms with van der Waals surface area (Å²) in [6.07, 6.45) is -2.30. The second-order valence-electron chi connectivity index (χ2n) is 7.20. The van der Waals surface area contributed by atoms with Crippen molar-refractivity contribution in [1.82, 2.24) is 14.1 Å². The van der Waals surface area contributed by atoms with Crippen molar-refractivity contribution in [1.29, 1.82) is 0 Å². The van der Waals surface area contributed by atoms with Gasteiger partial charge < -0.3 is 20.1 Å². The summed E-state index contributed by atoms with van der Waals surface area (Å²) in [6, 6.07) is 12.0. The molecular weight excluding hydrogens is 426 g/mol. The molecule has 0 radical (unpaired) electrons. The molecule has 1 aromatic carbocycles. The normalized spacial score (nSPS) is 23.2. The van der Waals surface area contributed by atoms with Crippen LogP contribution < -0.4 is 11.2 Å². The molecule has 0 amide bonds. The quantitative estimate of drug-likeness (QED) is 0.518. The van der Waals surface area contributed by atoms with E-state index in [9.17, 15) is 24.9 Å². The molecule has 2 unspecified atom stereocenters. The van der Waals surface area contributed by atoms with E-state index in [0.29, 0.717) is 10.7 Å². The van der Waals surface area contributed by atoms with Crippen LogP contribution in [0.2, 0.25) is 5.02 Å². The lowest BCUT2D eigenvalue weighted by Gasteiger charge is -2.18. The van der Waals surface area contributed by atoms with Gasteiger partial charge in [-0.2, -0.15) is 0 Å². The third-order valence-corrected chi connectivity index (χ3v) is 5.45. The van der Waals surface area contributed by atoms with Crippen molar-refractivity contribution in [2.24, 2.45) is 0 Å². The minimum Gasteiger partial charge on any atom is -0.394 e. The molecule has 9 nitrogen and oxygen atoms in total. The fourth-order valence-electron chi connectivity index (χ4n) is 3.53. The van der Waals surface area contributed by atoms with Crippen LogP contribution in [0.4, 0.5) is 0 Å². The molecule has 0 spiro atoms. The van der Waals surface area contributed by atoms with Gasteiger partial charge >= 0.3 is 5.69 Å². The molecule has 4 atom stereocenters. The van der Waals surface area contributed by atoms with Crippen molar-refractivity contribution in [3.05, 3.63) is 86.4 Å². The van der Waals surface area contributed by atoms with Gasteiger partial charge in [0.1, 0.15) is 18.3 Å². The van der Waals surface area contributed by atoms with Gasteiger partial charge in [-0.25, -0.2) is 4.79 Å². The van der Waals surface area contributed by atoms with Crippen LogP contribution >= 0.6 is 11.6 Å². The summed E-state index contributed by atoms with van der Waals surface area (Å²) in [7, 11) is 0. The molecule has 1 aliphatic heterocycles. The van der Waals surface area contributed by atoms with Crippen LogP contribution in [-0.2, 0) is 11.3 Å². The number of hydrogen-bond acceptors (Lipinski definition) is 7. The maximum absolute atomic E-state index is 13.0. The molecule has 10 heteroatoms. The Hall–Kier alpha value is -2.82. The molecule has 3 aromatic rings. The average molecular weight is 446 g/mol. The van der Waals surface area contributed by atoms with Gasteiger partial charge in [-0.1, -0.05) is 23.7 Å². The zero-order chi connectivity index (χ0) is 22.1. The third-order valence-electron chi connectivity index (χ3n) is 5.20. The van der Waals surface area contributed by atoms with E-state index in [1.807, 2.05) is 12.1 Å². The number of benzene rings is 1. The summed E-state index contributed by atoms with van der Waals surface area (Å²) in [5, 5.41) is 30.0. The summed E-state index contributed by atoms with van der Waals surface area (Å²) < 4.78 is 7.39. The van der Waals surface area contributed by atoms with Crippen molar-refractivity contribution in [2.45, 2.75) is 31.1 Å². The van der Waals surface area contributed by atoms with E-state index in [0.717, 1.165) is 20.3 Å². The first-order valence-corrected chi connectivity index (χ1v) is 9.92. The lowest BCUT2D eigenvalue weighted by Crippen LogP contribution is -2.43. The number of nitrogens with zero attached hydrogens (tertiary/aromatic N) is 3. The maximum atomic E-state index is 13.0. The second-order valence-corrected chi connectivity index (χ2v) is 7.64. The van der Waals surface area contributed by atoms with Gasteiger partial charge in [0.2, 0.25) is 0 Å². The van der Waals surface area contributed by atoms with Crippen molar-refractivity contribution in [2.75, 3.05) is 6.61 Å². The van der Waals surface area contributed by atoms with Crippen LogP contribution in [-0.4, -0.2) is 54.4 Å². The Kier molecular flexibility index (Phi) is 6.03. The molecule has 3 heterocycles. The predicted molar refractivity (Wildman–Crippen MR) is 112 cm³/mol. The SMILES string of the molecule is O=c1ccn([C@@H]2O[C@H](CO)C(O)C2O)c(=O)n1Cc1cc(-c2ccc(Cl)cc2)ccn1. The summed E-state index contributed by atoms with van der Waals surface area (Å²) in [5.74, 6) is 0. The number of pyridine rings is 1. The van der Waals surface area contributed by atoms with Gasteiger partial charge in [-0.15, -0.1) is 0 Å². The first-order chi connectivity index (χ1) is 14.9. The Morgan fingerprint density at radius 1 is 1.03 bits per heavy atom. The van der Waals surface area contributed by atoms with Crippen molar-refractivity contribution in [3.63, 3.8) is 0 Å². The Morgan fingerprint density at radius 3 is 2.45 bits per heavy atom. The minimum absolute atomic E-state index is 0.102. The Morgan fingerprint density at radius 2 is 1.77 bits per heavy atom. The third kappa shape index (κ3) is 4.18. The number of aliphatic hydroxyl groups is 3. The van der Waals surface area contributed by atoms with E-state index in [1.165, 1.54) is 12.3 Å². The molecular formula is C21H20ClN3O6. The monoisotopic (exact) mass is 445 g/mol. The lowest BCUT2D eigenvalue weighted by molar-refractivity contribution is -0.0555. The number of aliphatic hydroxyl groups excluding tert-OH is 3. The number of rotatable bonds is 5. The molecule has 1 aliphatic rings. The molecule has 3 N–H and O–H groups in total. The van der Waals surface area contributed by atoms with Gasteiger partial charge in [0.15, 0.2) is 6.23 Å².